The van der Waals surface area contributed by atoms with Crippen LogP contribution in [0.3, 0.4) is 0 Å². The smallest absolute Gasteiger partial charge is 0.202 e. The highest BCUT2D eigenvalue weighted by Crippen LogP contribution is 2.31. The number of nitrogens with zero attached hydrogens (tertiary/aromatic N) is 1. The van der Waals surface area contributed by atoms with Crippen LogP contribution in [0.4, 0.5) is 0 Å². The van der Waals surface area contributed by atoms with E-state index >= 15 is 0 Å². The fraction of sp³-hybridized carbons (Fsp3) is 0.308. The molecule has 1 heterocycles. The Bertz CT molecular complexity index is 646. The van der Waals surface area contributed by atoms with Crippen molar-refractivity contribution < 1.29 is 0 Å². The average Bonchev–Trinajstić information content (AvgIpc) is 3.09. The molecule has 0 spiro atoms. The Labute approximate surface area is 121 Å². The maximum atomic E-state index is 12.1. The van der Waals surface area contributed by atoms with Crippen LogP contribution in [0.2, 0.25) is 0 Å². The number of hydrogen-bond donors (Lipinski definition) is 0. The lowest BCUT2D eigenvalue weighted by molar-refractivity contribution is 0.641. The summed E-state index contributed by atoms with van der Waals surface area (Å²) in [6, 6.07) is 5.94. The Morgan fingerprint density at radius 3 is 2.88 bits per heavy atom. The summed E-state index contributed by atoms with van der Waals surface area (Å²) in [5.74, 6) is 0.806. The summed E-state index contributed by atoms with van der Waals surface area (Å²) in [5.41, 5.74) is 1.18. The first kappa shape index (κ1) is 11.7. The van der Waals surface area contributed by atoms with Gasteiger partial charge in [0, 0.05) is 22.6 Å². The quantitative estimate of drug-likeness (QED) is 0.699. The number of fused-ring (bicyclic) bond motifs is 1. The fourth-order valence-electron chi connectivity index (χ4n) is 2.06. The molecule has 0 N–H and O–H groups in total. The highest BCUT2D eigenvalue weighted by molar-refractivity contribution is 14.1. The standard InChI is InChI=1S/C13H11BrINO/c14-9-3-4-12-10(5-9)13(17)11(15)7-16(12)6-8-1-2-8/h3-5,7-8H,1-2,6H2. The van der Waals surface area contributed by atoms with Crippen LogP contribution in [0.25, 0.3) is 10.9 Å². The minimum atomic E-state index is 0.133. The van der Waals surface area contributed by atoms with Crippen LogP contribution in [-0.2, 0) is 6.54 Å². The molecular formula is C13H11BrINO. The lowest BCUT2D eigenvalue weighted by Gasteiger charge is -2.11. The number of hydrogen-bond acceptors (Lipinski definition) is 1. The molecule has 1 aromatic heterocycles. The van der Waals surface area contributed by atoms with Crippen molar-refractivity contribution >= 4 is 49.4 Å². The van der Waals surface area contributed by atoms with Crippen molar-refractivity contribution in [1.82, 2.24) is 4.57 Å². The summed E-state index contributed by atoms with van der Waals surface area (Å²) in [6.45, 7) is 1.04. The lowest BCUT2D eigenvalue weighted by Crippen LogP contribution is -2.13. The van der Waals surface area contributed by atoms with Gasteiger partial charge < -0.3 is 4.57 Å². The van der Waals surface area contributed by atoms with Crippen LogP contribution < -0.4 is 5.43 Å². The van der Waals surface area contributed by atoms with Crippen molar-refractivity contribution in [3.63, 3.8) is 0 Å². The molecule has 17 heavy (non-hydrogen) atoms. The van der Waals surface area contributed by atoms with Gasteiger partial charge in [0.25, 0.3) is 0 Å². The fourth-order valence-corrected chi connectivity index (χ4v) is 3.05. The highest BCUT2D eigenvalue weighted by Gasteiger charge is 2.22. The summed E-state index contributed by atoms with van der Waals surface area (Å²) >= 11 is 5.56. The van der Waals surface area contributed by atoms with E-state index in [1.165, 1.54) is 12.8 Å². The average molecular weight is 404 g/mol. The molecule has 1 aliphatic rings. The second-order valence-corrected chi connectivity index (χ2v) is 6.64. The number of pyridine rings is 1. The van der Waals surface area contributed by atoms with Crippen LogP contribution in [0.1, 0.15) is 12.8 Å². The zero-order valence-corrected chi connectivity index (χ0v) is 12.9. The van der Waals surface area contributed by atoms with Crippen LogP contribution >= 0.6 is 38.5 Å². The number of aromatic nitrogens is 1. The summed E-state index contributed by atoms with van der Waals surface area (Å²) in [4.78, 5) is 12.1. The first-order chi connectivity index (χ1) is 8.15. The molecule has 0 aliphatic heterocycles. The predicted octanol–water partition coefficient (Wildman–Crippen LogP) is 3.78. The van der Waals surface area contributed by atoms with E-state index in [0.717, 1.165) is 31.4 Å². The van der Waals surface area contributed by atoms with E-state index in [4.69, 9.17) is 0 Å². The van der Waals surface area contributed by atoms with Crippen LogP contribution in [0.5, 0.6) is 0 Å². The van der Waals surface area contributed by atoms with Gasteiger partial charge in [-0.05, 0) is 59.5 Å². The van der Waals surface area contributed by atoms with Crippen molar-refractivity contribution in [3.8, 4) is 0 Å². The van der Waals surface area contributed by atoms with Crippen molar-refractivity contribution in [2.75, 3.05) is 0 Å². The second kappa shape index (κ2) is 4.39. The number of halogens is 2. The van der Waals surface area contributed by atoms with Gasteiger partial charge >= 0.3 is 0 Å². The maximum Gasteiger partial charge on any atom is 0.202 e. The van der Waals surface area contributed by atoms with Crippen LogP contribution in [-0.4, -0.2) is 4.57 Å². The summed E-state index contributed by atoms with van der Waals surface area (Å²) in [5, 5.41) is 0.812. The zero-order valence-electron chi connectivity index (χ0n) is 9.12. The molecule has 1 aromatic carbocycles. The Morgan fingerprint density at radius 2 is 2.18 bits per heavy atom. The topological polar surface area (TPSA) is 22.0 Å². The third-order valence-electron chi connectivity index (χ3n) is 3.15. The van der Waals surface area contributed by atoms with Gasteiger partial charge in [-0.3, -0.25) is 4.79 Å². The molecule has 88 valence electrons. The van der Waals surface area contributed by atoms with E-state index in [9.17, 15) is 4.79 Å². The largest absolute Gasteiger partial charge is 0.346 e. The van der Waals surface area contributed by atoms with Gasteiger partial charge in [0.1, 0.15) is 0 Å². The first-order valence-electron chi connectivity index (χ1n) is 5.63. The third-order valence-corrected chi connectivity index (χ3v) is 4.41. The molecule has 0 atom stereocenters. The van der Waals surface area contributed by atoms with Gasteiger partial charge in [0.2, 0.25) is 5.43 Å². The Morgan fingerprint density at radius 1 is 1.41 bits per heavy atom. The Hall–Kier alpha value is -0.360. The van der Waals surface area contributed by atoms with E-state index in [2.05, 4.69) is 43.1 Å². The number of benzene rings is 1. The van der Waals surface area contributed by atoms with Gasteiger partial charge in [-0.25, -0.2) is 0 Å². The molecule has 0 saturated heterocycles. The summed E-state index contributed by atoms with van der Waals surface area (Å²) in [6.07, 6.45) is 4.62. The monoisotopic (exact) mass is 403 g/mol. The van der Waals surface area contributed by atoms with Gasteiger partial charge in [0.15, 0.2) is 0 Å². The van der Waals surface area contributed by atoms with Gasteiger partial charge in [-0.1, -0.05) is 15.9 Å². The van der Waals surface area contributed by atoms with Gasteiger partial charge in [0.05, 0.1) is 9.09 Å². The molecule has 4 heteroatoms. The normalized spacial score (nSPS) is 15.4. The van der Waals surface area contributed by atoms with E-state index in [0.29, 0.717) is 0 Å². The molecule has 0 radical (unpaired) electrons. The van der Waals surface area contributed by atoms with Crippen molar-refractivity contribution in [3.05, 3.63) is 42.7 Å². The Kier molecular flexibility index (Phi) is 3.02. The van der Waals surface area contributed by atoms with E-state index in [-0.39, 0.29) is 5.43 Å². The molecule has 0 bridgehead atoms. The molecule has 3 rings (SSSR count). The molecule has 0 amide bonds. The highest BCUT2D eigenvalue weighted by atomic mass is 127. The molecular weight excluding hydrogens is 393 g/mol. The van der Waals surface area contributed by atoms with Crippen molar-refractivity contribution in [2.24, 2.45) is 5.92 Å². The maximum absolute atomic E-state index is 12.1. The minimum Gasteiger partial charge on any atom is -0.346 e. The molecule has 1 fully saturated rings. The molecule has 2 nitrogen and oxygen atoms in total. The number of rotatable bonds is 2. The van der Waals surface area contributed by atoms with Crippen LogP contribution in [0.15, 0.2) is 33.7 Å². The van der Waals surface area contributed by atoms with Crippen molar-refractivity contribution in [1.29, 1.82) is 0 Å². The summed E-state index contributed by atoms with van der Waals surface area (Å²) in [7, 11) is 0. The SMILES string of the molecule is O=c1c(I)cn(CC2CC2)c2ccc(Br)cc12. The van der Waals surface area contributed by atoms with Crippen molar-refractivity contribution in [2.45, 2.75) is 19.4 Å². The van der Waals surface area contributed by atoms with Gasteiger partial charge in [-0.15, -0.1) is 0 Å². The second-order valence-electron chi connectivity index (χ2n) is 4.56. The lowest BCUT2D eigenvalue weighted by atomic mass is 10.2. The third kappa shape index (κ3) is 2.29. The molecule has 2 aromatic rings. The molecule has 0 unspecified atom stereocenters. The van der Waals surface area contributed by atoms with E-state index < -0.39 is 0 Å². The molecule has 1 saturated carbocycles. The summed E-state index contributed by atoms with van der Waals surface area (Å²) < 4.78 is 3.98. The Balaban J connectivity index is 2.27. The van der Waals surface area contributed by atoms with Gasteiger partial charge in [-0.2, -0.15) is 0 Å². The van der Waals surface area contributed by atoms with E-state index in [1.807, 2.05) is 24.4 Å². The zero-order chi connectivity index (χ0) is 12.0. The minimum absolute atomic E-state index is 0.133. The molecule has 1 aliphatic carbocycles. The first-order valence-corrected chi connectivity index (χ1v) is 7.50. The predicted molar refractivity (Wildman–Crippen MR) is 81.3 cm³/mol. The van der Waals surface area contributed by atoms with Crippen LogP contribution in [0, 0.1) is 9.49 Å². The van der Waals surface area contributed by atoms with E-state index in [1.54, 1.807) is 0 Å².